The molecule has 0 saturated heterocycles. The van der Waals surface area contributed by atoms with Crippen LogP contribution < -0.4 is 5.56 Å². The van der Waals surface area contributed by atoms with Crippen molar-refractivity contribution in [1.82, 2.24) is 19.5 Å². The van der Waals surface area contributed by atoms with E-state index in [0.717, 1.165) is 16.6 Å². The summed E-state index contributed by atoms with van der Waals surface area (Å²) in [5.74, 6) is 0.262. The largest absolute Gasteiger partial charge is 0.510 e. The molecule has 2 N–H and O–H groups in total. The van der Waals surface area contributed by atoms with Crippen molar-refractivity contribution in [2.45, 2.75) is 18.6 Å². The summed E-state index contributed by atoms with van der Waals surface area (Å²) in [6.07, 6.45) is 0. The molecule has 0 saturated carbocycles. The molecule has 0 aliphatic rings. The van der Waals surface area contributed by atoms with Crippen LogP contribution in [0.2, 0.25) is 0 Å². The van der Waals surface area contributed by atoms with E-state index in [4.69, 9.17) is 4.98 Å². The van der Waals surface area contributed by atoms with E-state index in [1.807, 2.05) is 73.0 Å². The Kier molecular flexibility index (Phi) is 5.92. The summed E-state index contributed by atoms with van der Waals surface area (Å²) in [5, 5.41) is 23.4. The summed E-state index contributed by atoms with van der Waals surface area (Å²) in [6, 6.07) is 19.2. The minimum absolute atomic E-state index is 0.0673. The molecule has 0 aliphatic carbocycles. The average Bonchev–Trinajstić information content (AvgIpc) is 3.48. The number of para-hydroxylation sites is 2. The maximum absolute atomic E-state index is 13.4. The summed E-state index contributed by atoms with van der Waals surface area (Å²) in [6.45, 7) is 2.33. The van der Waals surface area contributed by atoms with Crippen LogP contribution in [0.3, 0.4) is 0 Å². The van der Waals surface area contributed by atoms with Crippen molar-refractivity contribution in [2.75, 3.05) is 5.75 Å². The Morgan fingerprint density at radius 1 is 1.18 bits per heavy atom. The molecule has 168 valence electrons. The summed E-state index contributed by atoms with van der Waals surface area (Å²) < 4.78 is 1.60. The fourth-order valence-electron chi connectivity index (χ4n) is 3.76. The molecule has 5 aromatic rings. The number of hydrogen-bond acceptors (Lipinski definition) is 7. The van der Waals surface area contributed by atoms with Crippen molar-refractivity contribution < 1.29 is 5.11 Å². The van der Waals surface area contributed by atoms with E-state index in [1.165, 1.54) is 23.1 Å². The van der Waals surface area contributed by atoms with Crippen LogP contribution >= 0.6 is 23.1 Å². The molecule has 0 bridgehead atoms. The van der Waals surface area contributed by atoms with Crippen LogP contribution in [0.25, 0.3) is 38.0 Å². The molecule has 0 spiro atoms. The predicted octanol–water partition coefficient (Wildman–Crippen LogP) is 5.61. The van der Waals surface area contributed by atoms with E-state index in [9.17, 15) is 15.2 Å². The summed E-state index contributed by atoms with van der Waals surface area (Å²) >= 11 is 2.64. The maximum Gasteiger partial charge on any atom is 0.263 e. The molecule has 7 nitrogen and oxygen atoms in total. The van der Waals surface area contributed by atoms with Gasteiger partial charge >= 0.3 is 0 Å². The molecule has 0 unspecified atom stereocenters. The lowest BCUT2D eigenvalue weighted by Gasteiger charge is -2.10. The van der Waals surface area contributed by atoms with Crippen molar-refractivity contribution in [1.29, 1.82) is 5.26 Å². The summed E-state index contributed by atoms with van der Waals surface area (Å²) in [4.78, 5) is 26.2. The number of H-pyrrole nitrogens is 1. The normalized spacial score (nSPS) is 12.1. The number of benzene rings is 2. The molecule has 0 amide bonds. The van der Waals surface area contributed by atoms with E-state index in [1.54, 1.807) is 4.57 Å². The van der Waals surface area contributed by atoms with Gasteiger partial charge in [0.2, 0.25) is 0 Å². The molecular formula is C25H19N5O2S2. The molecule has 5 rings (SSSR count). The van der Waals surface area contributed by atoms with E-state index in [0.29, 0.717) is 33.3 Å². The summed E-state index contributed by atoms with van der Waals surface area (Å²) in [7, 11) is 0. The van der Waals surface area contributed by atoms with E-state index in [-0.39, 0.29) is 22.6 Å². The highest BCUT2D eigenvalue weighted by Crippen LogP contribution is 2.32. The Balaban J connectivity index is 1.50. The number of aliphatic hydroxyl groups excluding tert-OH is 1. The van der Waals surface area contributed by atoms with Crippen LogP contribution in [0.5, 0.6) is 0 Å². The Morgan fingerprint density at radius 2 is 1.94 bits per heavy atom. The second-order valence-corrected chi connectivity index (χ2v) is 9.26. The SMILES string of the molecule is CCn1c(SC/C(O)=C(\C#N)c2nc3ccccc3[nH]2)nc2scc(-c3ccccc3)c2c1=O. The van der Waals surface area contributed by atoms with Crippen LogP contribution in [0, 0.1) is 11.3 Å². The number of thioether (sulfide) groups is 1. The Labute approximate surface area is 203 Å². The first-order valence-electron chi connectivity index (χ1n) is 10.6. The summed E-state index contributed by atoms with van der Waals surface area (Å²) in [5.41, 5.74) is 3.29. The van der Waals surface area contributed by atoms with Crippen molar-refractivity contribution >= 4 is 49.9 Å². The topological polar surface area (TPSA) is 108 Å². The third-order valence-corrected chi connectivity index (χ3v) is 7.28. The van der Waals surface area contributed by atoms with Crippen LogP contribution in [-0.4, -0.2) is 30.4 Å². The monoisotopic (exact) mass is 485 g/mol. The molecular weight excluding hydrogens is 466 g/mol. The van der Waals surface area contributed by atoms with Crippen molar-refractivity contribution in [2.24, 2.45) is 0 Å². The third kappa shape index (κ3) is 3.87. The minimum Gasteiger partial charge on any atom is -0.510 e. The lowest BCUT2D eigenvalue weighted by molar-refractivity contribution is 0.420. The zero-order valence-electron chi connectivity index (χ0n) is 18.1. The van der Waals surface area contributed by atoms with E-state index >= 15 is 0 Å². The zero-order valence-corrected chi connectivity index (χ0v) is 19.8. The average molecular weight is 486 g/mol. The van der Waals surface area contributed by atoms with Gasteiger partial charge in [0.15, 0.2) is 11.0 Å². The predicted molar refractivity (Wildman–Crippen MR) is 137 cm³/mol. The number of fused-ring (bicyclic) bond motifs is 2. The first kappa shape index (κ1) is 21.9. The van der Waals surface area contributed by atoms with Gasteiger partial charge in [-0.25, -0.2) is 9.97 Å². The van der Waals surface area contributed by atoms with Crippen LogP contribution in [0.15, 0.2) is 75.7 Å². The van der Waals surface area contributed by atoms with Gasteiger partial charge in [-0.15, -0.1) is 11.3 Å². The molecule has 3 heterocycles. The second-order valence-electron chi connectivity index (χ2n) is 7.46. The van der Waals surface area contributed by atoms with Crippen molar-refractivity contribution in [3.63, 3.8) is 0 Å². The number of allylic oxidation sites excluding steroid dienone is 1. The quantitative estimate of drug-likeness (QED) is 0.140. The van der Waals surface area contributed by atoms with Crippen molar-refractivity contribution in [3.8, 4) is 17.2 Å². The molecule has 3 aromatic heterocycles. The number of aliphatic hydroxyl groups is 1. The molecule has 0 aliphatic heterocycles. The molecule has 0 fully saturated rings. The van der Waals surface area contributed by atoms with Crippen LogP contribution in [0.4, 0.5) is 0 Å². The van der Waals surface area contributed by atoms with E-state index < -0.39 is 0 Å². The van der Waals surface area contributed by atoms with Gasteiger partial charge in [-0.05, 0) is 24.6 Å². The number of hydrogen-bond donors (Lipinski definition) is 2. The zero-order chi connectivity index (χ0) is 23.7. The molecule has 2 aromatic carbocycles. The van der Waals surface area contributed by atoms with Gasteiger partial charge in [-0.3, -0.25) is 9.36 Å². The van der Waals surface area contributed by atoms with Gasteiger partial charge in [0.25, 0.3) is 5.56 Å². The Bertz CT molecular complexity index is 1610. The first-order valence-corrected chi connectivity index (χ1v) is 12.4. The lowest BCUT2D eigenvalue weighted by Crippen LogP contribution is -2.22. The second kappa shape index (κ2) is 9.17. The maximum atomic E-state index is 13.4. The number of nitrogens with zero attached hydrogens (tertiary/aromatic N) is 4. The van der Waals surface area contributed by atoms with E-state index in [2.05, 4.69) is 9.97 Å². The van der Waals surface area contributed by atoms with Gasteiger partial charge in [0.05, 0.1) is 22.2 Å². The number of thiophene rings is 1. The number of imidazole rings is 1. The molecule has 0 atom stereocenters. The van der Waals surface area contributed by atoms with Crippen LogP contribution in [-0.2, 0) is 6.54 Å². The lowest BCUT2D eigenvalue weighted by atomic mass is 10.1. The van der Waals surface area contributed by atoms with Gasteiger partial charge < -0.3 is 10.1 Å². The highest BCUT2D eigenvalue weighted by molar-refractivity contribution is 7.99. The number of nitriles is 1. The molecule has 9 heteroatoms. The van der Waals surface area contributed by atoms with Crippen LogP contribution in [0.1, 0.15) is 12.7 Å². The standard InChI is InChI=1S/C25H19N5O2S2/c1-2-30-24(32)21-17(15-8-4-3-5-9-15)13-33-23(21)29-25(30)34-14-20(31)16(12-26)22-27-18-10-6-7-11-19(18)28-22/h3-11,13,31H,2,14H2,1H3,(H,27,28)/b20-16-. The Hall–Kier alpha value is -3.87. The number of nitrogens with one attached hydrogen (secondary N) is 1. The van der Waals surface area contributed by atoms with Gasteiger partial charge in [0, 0.05) is 17.5 Å². The van der Waals surface area contributed by atoms with Crippen molar-refractivity contribution in [3.05, 3.63) is 81.9 Å². The fourth-order valence-corrected chi connectivity index (χ4v) is 5.68. The number of aromatic amines is 1. The third-order valence-electron chi connectivity index (χ3n) is 5.42. The van der Waals surface area contributed by atoms with Gasteiger partial charge in [0.1, 0.15) is 22.2 Å². The Morgan fingerprint density at radius 3 is 2.68 bits per heavy atom. The minimum atomic E-state index is -0.125. The fraction of sp³-hybridized carbons (Fsp3) is 0.120. The van der Waals surface area contributed by atoms with Gasteiger partial charge in [-0.2, -0.15) is 5.26 Å². The van der Waals surface area contributed by atoms with Gasteiger partial charge in [-0.1, -0.05) is 54.2 Å². The highest BCUT2D eigenvalue weighted by Gasteiger charge is 2.18. The smallest absolute Gasteiger partial charge is 0.263 e. The highest BCUT2D eigenvalue weighted by atomic mass is 32.2. The number of aromatic nitrogens is 4. The molecule has 34 heavy (non-hydrogen) atoms. The first-order chi connectivity index (χ1) is 16.6. The number of rotatable bonds is 6. The molecule has 0 radical (unpaired) electrons.